The highest BCUT2D eigenvalue weighted by atomic mass is 16.6. The number of amides is 1. The molecule has 32 heavy (non-hydrogen) atoms. The summed E-state index contributed by atoms with van der Waals surface area (Å²) < 4.78 is 0. The van der Waals surface area contributed by atoms with Crippen molar-refractivity contribution in [2.75, 3.05) is 23.4 Å². The minimum atomic E-state index is -0.524. The standard InChI is InChI=1S/C22H23N7O3/c30-22(18-7-4-10-23-14-18)27-26-20-19(29(31)32)21(25-15-24-20)28-11-8-17(9-12-28)13-16-5-2-1-3-6-16/h1-7,10,14-15,17H,8-9,11-13H2,(H,27,30)(H,24,25,26). The molecule has 1 aliphatic rings. The van der Waals surface area contributed by atoms with E-state index in [4.69, 9.17) is 0 Å². The smallest absolute Gasteiger partial charge is 0.351 e. The average Bonchev–Trinajstić information content (AvgIpc) is 2.84. The van der Waals surface area contributed by atoms with Crippen LogP contribution in [0, 0.1) is 16.0 Å². The van der Waals surface area contributed by atoms with E-state index in [-0.39, 0.29) is 17.3 Å². The van der Waals surface area contributed by atoms with Crippen LogP contribution < -0.4 is 15.8 Å². The molecule has 0 atom stereocenters. The number of carbonyl (C=O) groups excluding carboxylic acids is 1. The molecule has 10 nitrogen and oxygen atoms in total. The molecule has 10 heteroatoms. The zero-order valence-electron chi connectivity index (χ0n) is 17.3. The van der Waals surface area contributed by atoms with Gasteiger partial charge in [-0.2, -0.15) is 0 Å². The summed E-state index contributed by atoms with van der Waals surface area (Å²) in [5.41, 5.74) is 6.35. The van der Waals surface area contributed by atoms with Gasteiger partial charge in [0.15, 0.2) is 0 Å². The molecule has 1 amide bonds. The third kappa shape index (κ3) is 4.97. The first-order chi connectivity index (χ1) is 15.6. The van der Waals surface area contributed by atoms with Crippen LogP contribution in [0.4, 0.5) is 17.3 Å². The van der Waals surface area contributed by atoms with Crippen molar-refractivity contribution in [1.82, 2.24) is 20.4 Å². The van der Waals surface area contributed by atoms with Gasteiger partial charge in [-0.25, -0.2) is 9.97 Å². The number of hydrazine groups is 1. The van der Waals surface area contributed by atoms with Gasteiger partial charge in [0.05, 0.1) is 10.5 Å². The summed E-state index contributed by atoms with van der Waals surface area (Å²) in [7, 11) is 0. The molecule has 2 N–H and O–H groups in total. The molecule has 1 fully saturated rings. The fourth-order valence-corrected chi connectivity index (χ4v) is 3.84. The lowest BCUT2D eigenvalue weighted by atomic mass is 9.90. The fourth-order valence-electron chi connectivity index (χ4n) is 3.84. The van der Waals surface area contributed by atoms with Gasteiger partial charge in [0, 0.05) is 25.5 Å². The van der Waals surface area contributed by atoms with Crippen molar-refractivity contribution < 1.29 is 9.72 Å². The van der Waals surface area contributed by atoms with Gasteiger partial charge < -0.3 is 4.90 Å². The van der Waals surface area contributed by atoms with E-state index in [1.54, 1.807) is 18.3 Å². The summed E-state index contributed by atoms with van der Waals surface area (Å²) in [6, 6.07) is 13.5. The van der Waals surface area contributed by atoms with Gasteiger partial charge >= 0.3 is 5.69 Å². The molecule has 3 heterocycles. The predicted octanol–water partition coefficient (Wildman–Crippen LogP) is 3.00. The van der Waals surface area contributed by atoms with Crippen LogP contribution in [-0.4, -0.2) is 38.9 Å². The molecule has 1 saturated heterocycles. The van der Waals surface area contributed by atoms with Crippen LogP contribution in [0.1, 0.15) is 28.8 Å². The van der Waals surface area contributed by atoms with Crippen molar-refractivity contribution in [3.63, 3.8) is 0 Å². The molecule has 0 aliphatic carbocycles. The van der Waals surface area contributed by atoms with Gasteiger partial charge in [-0.05, 0) is 42.9 Å². The molecule has 0 bridgehead atoms. The van der Waals surface area contributed by atoms with E-state index in [1.807, 2.05) is 23.1 Å². The van der Waals surface area contributed by atoms with E-state index in [0.717, 1.165) is 19.3 Å². The fraction of sp³-hybridized carbons (Fsp3) is 0.273. The Balaban J connectivity index is 1.44. The highest BCUT2D eigenvalue weighted by Crippen LogP contribution is 2.34. The number of pyridine rings is 1. The van der Waals surface area contributed by atoms with E-state index >= 15 is 0 Å². The summed E-state index contributed by atoms with van der Waals surface area (Å²) in [5, 5.41) is 11.8. The molecular weight excluding hydrogens is 410 g/mol. The van der Waals surface area contributed by atoms with E-state index < -0.39 is 10.8 Å². The predicted molar refractivity (Wildman–Crippen MR) is 119 cm³/mol. The maximum atomic E-state index is 12.2. The third-order valence-corrected chi connectivity index (χ3v) is 5.48. The Kier molecular flexibility index (Phi) is 6.49. The summed E-state index contributed by atoms with van der Waals surface area (Å²) in [6.45, 7) is 1.33. The molecule has 164 valence electrons. The number of benzene rings is 1. The van der Waals surface area contributed by atoms with E-state index in [0.29, 0.717) is 24.6 Å². The van der Waals surface area contributed by atoms with Crippen molar-refractivity contribution in [3.8, 4) is 0 Å². The number of hydrogen-bond acceptors (Lipinski definition) is 8. The third-order valence-electron chi connectivity index (χ3n) is 5.48. The molecule has 0 unspecified atom stereocenters. The van der Waals surface area contributed by atoms with E-state index in [1.165, 1.54) is 18.1 Å². The lowest BCUT2D eigenvalue weighted by Crippen LogP contribution is -2.36. The minimum Gasteiger partial charge on any atom is -0.351 e. The number of nitrogens with one attached hydrogen (secondary N) is 2. The zero-order valence-corrected chi connectivity index (χ0v) is 17.3. The average molecular weight is 433 g/mol. The minimum absolute atomic E-state index is 0.0661. The Morgan fingerprint density at radius 1 is 1.12 bits per heavy atom. The van der Waals surface area contributed by atoms with Crippen LogP contribution in [0.5, 0.6) is 0 Å². The quantitative estimate of drug-likeness (QED) is 0.430. The van der Waals surface area contributed by atoms with Crippen LogP contribution in [0.2, 0.25) is 0 Å². The van der Waals surface area contributed by atoms with Crippen molar-refractivity contribution in [2.45, 2.75) is 19.3 Å². The second-order valence-electron chi connectivity index (χ2n) is 7.59. The first-order valence-corrected chi connectivity index (χ1v) is 10.4. The van der Waals surface area contributed by atoms with Gasteiger partial charge in [0.25, 0.3) is 5.91 Å². The molecule has 0 saturated carbocycles. The number of carbonyl (C=O) groups is 1. The second-order valence-corrected chi connectivity index (χ2v) is 7.59. The first-order valence-electron chi connectivity index (χ1n) is 10.4. The number of aromatic nitrogens is 3. The number of anilines is 2. The van der Waals surface area contributed by atoms with Gasteiger partial charge in [0.1, 0.15) is 6.33 Å². The van der Waals surface area contributed by atoms with Crippen LogP contribution in [-0.2, 0) is 6.42 Å². The van der Waals surface area contributed by atoms with Crippen LogP contribution in [0.25, 0.3) is 0 Å². The molecule has 4 rings (SSSR count). The maximum Gasteiger partial charge on any atom is 0.355 e. The second kappa shape index (κ2) is 9.82. The van der Waals surface area contributed by atoms with Gasteiger partial charge in [0.2, 0.25) is 11.6 Å². The van der Waals surface area contributed by atoms with Crippen LogP contribution in [0.3, 0.4) is 0 Å². The zero-order chi connectivity index (χ0) is 22.3. The normalized spacial score (nSPS) is 14.1. The SMILES string of the molecule is O=C(NNc1ncnc(N2CCC(Cc3ccccc3)CC2)c1[N+](=O)[O-])c1cccnc1. The van der Waals surface area contributed by atoms with Crippen molar-refractivity contribution in [3.05, 3.63) is 82.4 Å². The molecule has 3 aromatic rings. The van der Waals surface area contributed by atoms with Gasteiger partial charge in [-0.15, -0.1) is 0 Å². The van der Waals surface area contributed by atoms with E-state index in [9.17, 15) is 14.9 Å². The summed E-state index contributed by atoms with van der Waals surface area (Å²) in [5.74, 6) is 0.227. The highest BCUT2D eigenvalue weighted by molar-refractivity contribution is 5.94. The van der Waals surface area contributed by atoms with Crippen molar-refractivity contribution in [1.29, 1.82) is 0 Å². The van der Waals surface area contributed by atoms with Crippen molar-refractivity contribution >= 4 is 23.2 Å². The monoisotopic (exact) mass is 433 g/mol. The Morgan fingerprint density at radius 3 is 2.59 bits per heavy atom. The summed E-state index contributed by atoms with van der Waals surface area (Å²) in [6.07, 6.45) is 7.03. The first kappa shape index (κ1) is 21.2. The topological polar surface area (TPSA) is 126 Å². The Hall–Kier alpha value is -4.08. The molecule has 2 aromatic heterocycles. The molecule has 0 radical (unpaired) electrons. The summed E-state index contributed by atoms with van der Waals surface area (Å²) >= 11 is 0. The molecule has 1 aromatic carbocycles. The summed E-state index contributed by atoms with van der Waals surface area (Å²) in [4.78, 5) is 37.5. The number of nitro groups is 1. The Bertz CT molecular complexity index is 1070. The van der Waals surface area contributed by atoms with Crippen molar-refractivity contribution in [2.24, 2.45) is 5.92 Å². The van der Waals surface area contributed by atoms with Crippen LogP contribution in [0.15, 0.2) is 61.2 Å². The molecule has 1 aliphatic heterocycles. The number of nitrogens with zero attached hydrogens (tertiary/aromatic N) is 5. The number of rotatable bonds is 7. The largest absolute Gasteiger partial charge is 0.355 e. The Labute approximate surface area is 184 Å². The van der Waals surface area contributed by atoms with E-state index in [2.05, 4.69) is 37.9 Å². The van der Waals surface area contributed by atoms with Gasteiger partial charge in [-0.3, -0.25) is 30.7 Å². The Morgan fingerprint density at radius 2 is 1.91 bits per heavy atom. The molecular formula is C22H23N7O3. The van der Waals surface area contributed by atoms with Crippen LogP contribution >= 0.6 is 0 Å². The molecule has 0 spiro atoms. The number of piperidine rings is 1. The number of hydrogen-bond donors (Lipinski definition) is 2. The lowest BCUT2D eigenvalue weighted by Gasteiger charge is -2.32. The highest BCUT2D eigenvalue weighted by Gasteiger charge is 2.30. The van der Waals surface area contributed by atoms with Gasteiger partial charge in [-0.1, -0.05) is 30.3 Å². The lowest BCUT2D eigenvalue weighted by molar-refractivity contribution is -0.383. The maximum absolute atomic E-state index is 12.2.